The molecule has 0 spiro atoms. The number of hydrogen-bond donors (Lipinski definition) is 0. The van der Waals surface area contributed by atoms with E-state index in [1.54, 1.807) is 30.3 Å². The lowest BCUT2D eigenvalue weighted by Gasteiger charge is -1.95. The summed E-state index contributed by atoms with van der Waals surface area (Å²) in [5.74, 6) is 5.35. The monoisotopic (exact) mass is 235 g/mol. The first kappa shape index (κ1) is 11.9. The van der Waals surface area contributed by atoms with Crippen LogP contribution in [-0.2, 0) is 0 Å². The molecule has 86 valence electrons. The van der Waals surface area contributed by atoms with E-state index < -0.39 is 0 Å². The van der Waals surface area contributed by atoms with Crippen LogP contribution in [0.3, 0.4) is 0 Å². The summed E-state index contributed by atoms with van der Waals surface area (Å²) in [6, 6.07) is 13.9. The van der Waals surface area contributed by atoms with Crippen molar-refractivity contribution >= 4 is 0 Å². The Hall–Kier alpha value is -2.58. The second-order valence-electron chi connectivity index (χ2n) is 3.92. The van der Waals surface area contributed by atoms with Gasteiger partial charge in [0.15, 0.2) is 0 Å². The first-order valence-electron chi connectivity index (χ1n) is 5.47. The second kappa shape index (κ2) is 5.17. The van der Waals surface area contributed by atoms with Crippen LogP contribution < -0.4 is 0 Å². The number of nitrogens with zero attached hydrogens (tertiary/aromatic N) is 1. The van der Waals surface area contributed by atoms with Crippen LogP contribution in [0.5, 0.6) is 0 Å². The van der Waals surface area contributed by atoms with Gasteiger partial charge in [0.05, 0.1) is 17.2 Å². The van der Waals surface area contributed by atoms with E-state index in [2.05, 4.69) is 11.8 Å². The van der Waals surface area contributed by atoms with Crippen LogP contribution in [0, 0.1) is 35.9 Å². The minimum atomic E-state index is -0.309. The van der Waals surface area contributed by atoms with Gasteiger partial charge in [0, 0.05) is 5.56 Å². The van der Waals surface area contributed by atoms with Crippen molar-refractivity contribution in [2.75, 3.05) is 0 Å². The Balaban J connectivity index is 2.28. The van der Waals surface area contributed by atoms with Crippen molar-refractivity contribution in [3.8, 4) is 17.9 Å². The van der Waals surface area contributed by atoms with E-state index in [9.17, 15) is 4.39 Å². The number of nitriles is 1. The van der Waals surface area contributed by atoms with Gasteiger partial charge >= 0.3 is 0 Å². The molecule has 0 aromatic heterocycles. The SMILES string of the molecule is Cc1ccc(C#Cc2ccc(C#N)cc2)c(F)c1. The molecule has 0 aliphatic rings. The van der Waals surface area contributed by atoms with Gasteiger partial charge in [-0.05, 0) is 48.9 Å². The summed E-state index contributed by atoms with van der Waals surface area (Å²) < 4.78 is 13.5. The van der Waals surface area contributed by atoms with E-state index in [1.807, 2.05) is 19.1 Å². The molecule has 2 rings (SSSR count). The van der Waals surface area contributed by atoms with Crippen LogP contribution >= 0.6 is 0 Å². The molecule has 0 saturated heterocycles. The Bertz CT molecular complexity index is 667. The molecule has 0 aliphatic heterocycles. The zero-order chi connectivity index (χ0) is 13.0. The Morgan fingerprint density at radius 1 is 0.944 bits per heavy atom. The number of hydrogen-bond acceptors (Lipinski definition) is 1. The van der Waals surface area contributed by atoms with E-state index in [1.165, 1.54) is 6.07 Å². The summed E-state index contributed by atoms with van der Waals surface area (Å²) in [6.07, 6.45) is 0. The minimum absolute atomic E-state index is 0.309. The normalized spacial score (nSPS) is 9.17. The molecule has 18 heavy (non-hydrogen) atoms. The highest BCUT2D eigenvalue weighted by Gasteiger charge is 1.98. The van der Waals surface area contributed by atoms with Crippen LogP contribution in [0.25, 0.3) is 0 Å². The van der Waals surface area contributed by atoms with Crippen molar-refractivity contribution < 1.29 is 4.39 Å². The Kier molecular flexibility index (Phi) is 3.41. The summed E-state index contributed by atoms with van der Waals surface area (Å²) in [4.78, 5) is 0. The lowest BCUT2D eigenvalue weighted by molar-refractivity contribution is 0.623. The van der Waals surface area contributed by atoms with E-state index in [4.69, 9.17) is 5.26 Å². The van der Waals surface area contributed by atoms with Crippen LogP contribution in [0.15, 0.2) is 42.5 Å². The van der Waals surface area contributed by atoms with E-state index >= 15 is 0 Å². The largest absolute Gasteiger partial charge is 0.206 e. The zero-order valence-corrected chi connectivity index (χ0v) is 9.87. The topological polar surface area (TPSA) is 23.8 Å². The first-order chi connectivity index (χ1) is 8.69. The molecule has 0 saturated carbocycles. The van der Waals surface area contributed by atoms with Gasteiger partial charge in [0.2, 0.25) is 0 Å². The number of rotatable bonds is 0. The number of aryl methyl sites for hydroxylation is 1. The molecular weight excluding hydrogens is 225 g/mol. The molecule has 0 atom stereocenters. The third-order valence-electron chi connectivity index (χ3n) is 2.48. The molecule has 2 aromatic rings. The zero-order valence-electron chi connectivity index (χ0n) is 9.87. The van der Waals surface area contributed by atoms with Gasteiger partial charge in [0.25, 0.3) is 0 Å². The molecule has 0 heterocycles. The smallest absolute Gasteiger partial charge is 0.139 e. The van der Waals surface area contributed by atoms with E-state index in [0.29, 0.717) is 11.1 Å². The van der Waals surface area contributed by atoms with Crippen molar-refractivity contribution in [3.63, 3.8) is 0 Å². The maximum atomic E-state index is 13.5. The molecule has 2 aromatic carbocycles. The van der Waals surface area contributed by atoms with Crippen molar-refractivity contribution in [1.29, 1.82) is 5.26 Å². The molecule has 0 N–H and O–H groups in total. The highest BCUT2D eigenvalue weighted by molar-refractivity contribution is 5.45. The third kappa shape index (κ3) is 2.75. The molecule has 1 nitrogen and oxygen atoms in total. The van der Waals surface area contributed by atoms with Crippen molar-refractivity contribution in [2.45, 2.75) is 6.92 Å². The van der Waals surface area contributed by atoms with Gasteiger partial charge in [-0.25, -0.2) is 4.39 Å². The number of benzene rings is 2. The minimum Gasteiger partial charge on any atom is -0.206 e. The fraction of sp³-hybridized carbons (Fsp3) is 0.0625. The molecule has 0 fully saturated rings. The average molecular weight is 235 g/mol. The summed E-state index contributed by atoms with van der Waals surface area (Å²) in [5.41, 5.74) is 2.59. The molecule has 0 aliphatic carbocycles. The fourth-order valence-electron chi connectivity index (χ4n) is 1.49. The molecule has 0 radical (unpaired) electrons. The molecule has 2 heteroatoms. The van der Waals surface area contributed by atoms with Crippen LogP contribution in [-0.4, -0.2) is 0 Å². The van der Waals surface area contributed by atoms with Gasteiger partial charge in [-0.3, -0.25) is 0 Å². The summed E-state index contributed by atoms with van der Waals surface area (Å²) in [7, 11) is 0. The number of halogens is 1. The van der Waals surface area contributed by atoms with Gasteiger partial charge in [-0.1, -0.05) is 17.9 Å². The third-order valence-corrected chi connectivity index (χ3v) is 2.48. The van der Waals surface area contributed by atoms with Gasteiger partial charge in [0.1, 0.15) is 5.82 Å². The predicted octanol–water partition coefficient (Wildman–Crippen LogP) is 3.41. The van der Waals surface area contributed by atoms with Gasteiger partial charge in [-0.2, -0.15) is 5.26 Å². The molecular formula is C16H10FN. The Morgan fingerprint density at radius 2 is 1.61 bits per heavy atom. The Morgan fingerprint density at radius 3 is 2.22 bits per heavy atom. The molecule has 0 unspecified atom stereocenters. The second-order valence-corrected chi connectivity index (χ2v) is 3.92. The van der Waals surface area contributed by atoms with Gasteiger partial charge in [-0.15, -0.1) is 0 Å². The van der Waals surface area contributed by atoms with Crippen LogP contribution in [0.4, 0.5) is 4.39 Å². The fourth-order valence-corrected chi connectivity index (χ4v) is 1.49. The Labute approximate surface area is 106 Å². The highest BCUT2D eigenvalue weighted by Crippen LogP contribution is 2.09. The highest BCUT2D eigenvalue weighted by atomic mass is 19.1. The summed E-state index contributed by atoms with van der Waals surface area (Å²) in [5, 5.41) is 8.66. The predicted molar refractivity (Wildman–Crippen MR) is 68.3 cm³/mol. The maximum Gasteiger partial charge on any atom is 0.139 e. The quantitative estimate of drug-likeness (QED) is 0.642. The van der Waals surface area contributed by atoms with Crippen LogP contribution in [0.2, 0.25) is 0 Å². The maximum absolute atomic E-state index is 13.5. The van der Waals surface area contributed by atoms with Crippen molar-refractivity contribution in [3.05, 3.63) is 70.5 Å². The molecule has 0 amide bonds. The molecule has 0 bridgehead atoms. The van der Waals surface area contributed by atoms with Crippen LogP contribution in [0.1, 0.15) is 22.3 Å². The summed E-state index contributed by atoms with van der Waals surface area (Å²) in [6.45, 7) is 1.83. The van der Waals surface area contributed by atoms with Crippen molar-refractivity contribution in [1.82, 2.24) is 0 Å². The standard InChI is InChI=1S/C16H10FN/c1-12-2-8-15(16(17)10-12)9-7-13-3-5-14(11-18)6-4-13/h2-6,8,10H,1H3. The summed E-state index contributed by atoms with van der Waals surface area (Å²) >= 11 is 0. The lowest BCUT2D eigenvalue weighted by Crippen LogP contribution is -1.84. The van der Waals surface area contributed by atoms with Crippen molar-refractivity contribution in [2.24, 2.45) is 0 Å². The lowest BCUT2D eigenvalue weighted by atomic mass is 10.1. The first-order valence-corrected chi connectivity index (χ1v) is 5.47. The van der Waals surface area contributed by atoms with E-state index in [0.717, 1.165) is 11.1 Å². The average Bonchev–Trinajstić information content (AvgIpc) is 2.38. The van der Waals surface area contributed by atoms with Gasteiger partial charge < -0.3 is 0 Å². The van der Waals surface area contributed by atoms with E-state index in [-0.39, 0.29) is 5.82 Å².